The predicted molar refractivity (Wildman–Crippen MR) is 80.2 cm³/mol. The molecule has 0 spiro atoms. The molecule has 1 N–H and O–H groups in total. The van der Waals surface area contributed by atoms with E-state index in [4.69, 9.17) is 9.47 Å². The maximum absolute atomic E-state index is 6.26. The lowest BCUT2D eigenvalue weighted by Crippen LogP contribution is -2.38. The number of aryl methyl sites for hydroxylation is 1. The highest BCUT2D eigenvalue weighted by atomic mass is 16.5. The van der Waals surface area contributed by atoms with Gasteiger partial charge in [-0.15, -0.1) is 0 Å². The van der Waals surface area contributed by atoms with Crippen molar-refractivity contribution in [2.45, 2.75) is 45.3 Å². The highest BCUT2D eigenvalue weighted by molar-refractivity contribution is 5.41. The minimum atomic E-state index is 0.294. The van der Waals surface area contributed by atoms with Crippen LogP contribution in [0.2, 0.25) is 0 Å². The molecule has 1 fully saturated rings. The van der Waals surface area contributed by atoms with E-state index in [1.165, 1.54) is 11.1 Å². The lowest BCUT2D eigenvalue weighted by molar-refractivity contribution is 0.0802. The minimum absolute atomic E-state index is 0.294. The summed E-state index contributed by atoms with van der Waals surface area (Å²) in [4.78, 5) is 0. The van der Waals surface area contributed by atoms with E-state index in [1.54, 1.807) is 0 Å². The molecule has 0 saturated carbocycles. The molecular weight excluding hydrogens is 250 g/mol. The van der Waals surface area contributed by atoms with Crippen LogP contribution >= 0.6 is 0 Å². The van der Waals surface area contributed by atoms with Crippen molar-refractivity contribution in [2.24, 2.45) is 5.92 Å². The van der Waals surface area contributed by atoms with Gasteiger partial charge in [-0.05, 0) is 32.4 Å². The van der Waals surface area contributed by atoms with Crippen LogP contribution in [0.25, 0.3) is 0 Å². The molecule has 2 aliphatic heterocycles. The van der Waals surface area contributed by atoms with Gasteiger partial charge >= 0.3 is 0 Å². The molecule has 3 nitrogen and oxygen atoms in total. The number of rotatable bonds is 4. The van der Waals surface area contributed by atoms with Gasteiger partial charge in [0.25, 0.3) is 0 Å². The number of fused-ring (bicyclic) bond motifs is 1. The summed E-state index contributed by atoms with van der Waals surface area (Å²) in [5.41, 5.74) is 2.63. The van der Waals surface area contributed by atoms with Crippen molar-refractivity contribution in [1.82, 2.24) is 5.32 Å². The topological polar surface area (TPSA) is 30.5 Å². The first-order valence-corrected chi connectivity index (χ1v) is 7.86. The molecule has 20 heavy (non-hydrogen) atoms. The van der Waals surface area contributed by atoms with Gasteiger partial charge in [0, 0.05) is 30.6 Å². The van der Waals surface area contributed by atoms with Crippen LogP contribution < -0.4 is 10.1 Å². The zero-order chi connectivity index (χ0) is 13.9. The molecule has 0 amide bonds. The van der Waals surface area contributed by atoms with E-state index in [9.17, 15) is 0 Å². The molecule has 2 heterocycles. The second-order valence-corrected chi connectivity index (χ2v) is 6.06. The summed E-state index contributed by atoms with van der Waals surface area (Å²) >= 11 is 0. The Kier molecular flexibility index (Phi) is 4.27. The van der Waals surface area contributed by atoms with E-state index < -0.39 is 0 Å². The van der Waals surface area contributed by atoms with Crippen LogP contribution in [0.1, 0.15) is 43.4 Å². The molecule has 0 aromatic heterocycles. The minimum Gasteiger partial charge on any atom is -0.490 e. The molecule has 2 aliphatic rings. The summed E-state index contributed by atoms with van der Waals surface area (Å²) in [6.07, 6.45) is 3.65. The van der Waals surface area contributed by atoms with Gasteiger partial charge < -0.3 is 14.8 Å². The van der Waals surface area contributed by atoms with Crippen molar-refractivity contribution in [3.63, 3.8) is 0 Å². The molecule has 3 unspecified atom stereocenters. The molecule has 1 aromatic rings. The van der Waals surface area contributed by atoms with Crippen LogP contribution in [0.15, 0.2) is 18.2 Å². The highest BCUT2D eigenvalue weighted by Crippen LogP contribution is 2.39. The Labute approximate surface area is 121 Å². The highest BCUT2D eigenvalue weighted by Gasteiger charge is 2.34. The van der Waals surface area contributed by atoms with Gasteiger partial charge in [-0.2, -0.15) is 0 Å². The van der Waals surface area contributed by atoms with Crippen molar-refractivity contribution < 1.29 is 9.47 Å². The molecule has 1 saturated heterocycles. The van der Waals surface area contributed by atoms with Crippen LogP contribution in [0.5, 0.6) is 5.75 Å². The maximum atomic E-state index is 6.26. The van der Waals surface area contributed by atoms with Gasteiger partial charge in [0.1, 0.15) is 11.9 Å². The van der Waals surface area contributed by atoms with Crippen LogP contribution in [-0.2, 0) is 4.74 Å². The third-order valence-corrected chi connectivity index (χ3v) is 4.42. The van der Waals surface area contributed by atoms with E-state index >= 15 is 0 Å². The first-order valence-electron chi connectivity index (χ1n) is 7.86. The van der Waals surface area contributed by atoms with Gasteiger partial charge in [0.15, 0.2) is 0 Å². The lowest BCUT2D eigenvalue weighted by atomic mass is 9.88. The van der Waals surface area contributed by atoms with Gasteiger partial charge in [-0.3, -0.25) is 0 Å². The van der Waals surface area contributed by atoms with Gasteiger partial charge in [0.05, 0.1) is 6.61 Å². The molecule has 0 radical (unpaired) electrons. The normalized spacial score (nSPS) is 29.0. The quantitative estimate of drug-likeness (QED) is 0.915. The monoisotopic (exact) mass is 275 g/mol. The molecule has 3 rings (SSSR count). The molecule has 0 aliphatic carbocycles. The number of hydrogen-bond acceptors (Lipinski definition) is 3. The second kappa shape index (κ2) is 6.15. The molecule has 110 valence electrons. The molecule has 3 atom stereocenters. The number of nitrogens with one attached hydrogen (secondary N) is 1. The number of benzene rings is 1. The van der Waals surface area contributed by atoms with E-state index in [-0.39, 0.29) is 0 Å². The van der Waals surface area contributed by atoms with Crippen LogP contribution in [0.4, 0.5) is 0 Å². The fraction of sp³-hybridized carbons (Fsp3) is 0.647. The SMILES string of the molecule is CCCNC1CC(C2CCOC2)Oc2ccc(C)cc21. The Morgan fingerprint density at radius 2 is 2.25 bits per heavy atom. The third kappa shape index (κ3) is 2.84. The van der Waals surface area contributed by atoms with Gasteiger partial charge in [-0.25, -0.2) is 0 Å². The summed E-state index contributed by atoms with van der Waals surface area (Å²) in [6, 6.07) is 6.96. The van der Waals surface area contributed by atoms with Crippen molar-refractivity contribution in [3.8, 4) is 5.75 Å². The second-order valence-electron chi connectivity index (χ2n) is 6.06. The summed E-state index contributed by atoms with van der Waals surface area (Å²) < 4.78 is 11.8. The van der Waals surface area contributed by atoms with Crippen molar-refractivity contribution in [1.29, 1.82) is 0 Å². The third-order valence-electron chi connectivity index (χ3n) is 4.42. The fourth-order valence-corrected chi connectivity index (χ4v) is 3.26. The zero-order valence-corrected chi connectivity index (χ0v) is 12.5. The maximum Gasteiger partial charge on any atom is 0.124 e. The Bertz CT molecular complexity index is 454. The average molecular weight is 275 g/mol. The summed E-state index contributed by atoms with van der Waals surface area (Å²) in [6.45, 7) is 7.16. The fourth-order valence-electron chi connectivity index (χ4n) is 3.26. The van der Waals surface area contributed by atoms with E-state index in [2.05, 4.69) is 37.4 Å². The van der Waals surface area contributed by atoms with Crippen molar-refractivity contribution in [3.05, 3.63) is 29.3 Å². The van der Waals surface area contributed by atoms with Crippen LogP contribution in [0.3, 0.4) is 0 Å². The van der Waals surface area contributed by atoms with E-state index in [0.29, 0.717) is 18.1 Å². The Balaban J connectivity index is 1.82. The largest absolute Gasteiger partial charge is 0.490 e. The summed E-state index contributed by atoms with van der Waals surface area (Å²) in [7, 11) is 0. The average Bonchev–Trinajstić information content (AvgIpc) is 2.99. The Morgan fingerprint density at radius 3 is 3.00 bits per heavy atom. The Morgan fingerprint density at radius 1 is 1.35 bits per heavy atom. The van der Waals surface area contributed by atoms with E-state index in [0.717, 1.165) is 44.8 Å². The zero-order valence-electron chi connectivity index (χ0n) is 12.5. The molecule has 1 aromatic carbocycles. The van der Waals surface area contributed by atoms with Crippen molar-refractivity contribution in [2.75, 3.05) is 19.8 Å². The van der Waals surface area contributed by atoms with E-state index in [1.807, 2.05) is 0 Å². The predicted octanol–water partition coefficient (Wildman–Crippen LogP) is 3.22. The first-order chi connectivity index (χ1) is 9.78. The number of hydrogen-bond donors (Lipinski definition) is 1. The smallest absolute Gasteiger partial charge is 0.124 e. The number of ether oxygens (including phenoxy) is 2. The first kappa shape index (κ1) is 13.9. The summed E-state index contributed by atoms with van der Waals surface area (Å²) in [5.74, 6) is 1.61. The molecule has 3 heteroatoms. The van der Waals surface area contributed by atoms with Gasteiger partial charge in [-0.1, -0.05) is 24.6 Å². The Hall–Kier alpha value is -1.06. The molecule has 0 bridgehead atoms. The van der Waals surface area contributed by atoms with Crippen LogP contribution in [0, 0.1) is 12.8 Å². The summed E-state index contributed by atoms with van der Waals surface area (Å²) in [5, 5.41) is 3.69. The van der Waals surface area contributed by atoms with Gasteiger partial charge in [0.2, 0.25) is 0 Å². The molecular formula is C17H25NO2. The van der Waals surface area contributed by atoms with Crippen molar-refractivity contribution >= 4 is 0 Å². The standard InChI is InChI=1S/C17H25NO2/c1-3-7-18-15-10-17(13-6-8-19-11-13)20-16-5-4-12(2)9-14(15)16/h4-5,9,13,15,17-18H,3,6-8,10-11H2,1-2H3. The van der Waals surface area contributed by atoms with Crippen LogP contribution in [-0.4, -0.2) is 25.9 Å². The lowest BCUT2D eigenvalue weighted by Gasteiger charge is -2.35.